The van der Waals surface area contributed by atoms with Gasteiger partial charge in [0.25, 0.3) is 0 Å². The number of carbonyl (C=O) groups excluding carboxylic acids is 1. The second kappa shape index (κ2) is 4.88. The highest BCUT2D eigenvalue weighted by atomic mass is 19.2. The van der Waals surface area contributed by atoms with Gasteiger partial charge in [-0.2, -0.15) is 0 Å². The molecule has 0 aromatic heterocycles. The minimum atomic E-state index is -1.28. The summed E-state index contributed by atoms with van der Waals surface area (Å²) in [6.45, 7) is -0.188. The van der Waals surface area contributed by atoms with Crippen LogP contribution in [0.1, 0.15) is 12.8 Å². The summed E-state index contributed by atoms with van der Waals surface area (Å²) in [5, 5.41) is 2.41. The molecule has 1 aliphatic carbocycles. The van der Waals surface area contributed by atoms with E-state index in [2.05, 4.69) is 5.32 Å². The number of nitrogens with one attached hydrogen (secondary N) is 1. The van der Waals surface area contributed by atoms with Crippen molar-refractivity contribution >= 4 is 11.6 Å². The van der Waals surface area contributed by atoms with E-state index in [-0.39, 0.29) is 24.2 Å². The lowest BCUT2D eigenvalue weighted by molar-refractivity contribution is -0.128. The van der Waals surface area contributed by atoms with Gasteiger partial charge in [0.05, 0.1) is 12.2 Å². The van der Waals surface area contributed by atoms with Crippen LogP contribution < -0.4 is 5.32 Å². The molecule has 98 valence electrons. The van der Waals surface area contributed by atoms with Crippen LogP contribution >= 0.6 is 0 Å². The summed E-state index contributed by atoms with van der Waals surface area (Å²) in [7, 11) is 1.66. The maximum atomic E-state index is 13.3. The number of rotatable bonds is 4. The number of hydrogen-bond acceptors (Lipinski definition) is 2. The SMILES string of the molecule is CN(C(=O)CNc1cc(F)cc(F)c1F)C1CC1. The number of amides is 1. The monoisotopic (exact) mass is 258 g/mol. The van der Waals surface area contributed by atoms with Crippen molar-refractivity contribution in [1.29, 1.82) is 0 Å². The molecule has 1 aromatic rings. The Labute approximate surface area is 103 Å². The van der Waals surface area contributed by atoms with Gasteiger partial charge in [-0.05, 0) is 12.8 Å². The van der Waals surface area contributed by atoms with Gasteiger partial charge in [-0.3, -0.25) is 4.79 Å². The number of carbonyl (C=O) groups is 1. The van der Waals surface area contributed by atoms with Gasteiger partial charge >= 0.3 is 0 Å². The molecule has 0 bridgehead atoms. The van der Waals surface area contributed by atoms with E-state index in [1.807, 2.05) is 0 Å². The zero-order valence-electron chi connectivity index (χ0n) is 9.84. The van der Waals surface area contributed by atoms with Crippen LogP contribution in [0.25, 0.3) is 0 Å². The van der Waals surface area contributed by atoms with E-state index in [0.29, 0.717) is 6.07 Å². The number of anilines is 1. The number of nitrogens with zero attached hydrogens (tertiary/aromatic N) is 1. The van der Waals surface area contributed by atoms with Crippen LogP contribution in [0, 0.1) is 17.5 Å². The van der Waals surface area contributed by atoms with Gasteiger partial charge in [0.15, 0.2) is 11.6 Å². The van der Waals surface area contributed by atoms with E-state index < -0.39 is 17.5 Å². The third-order valence-electron chi connectivity index (χ3n) is 2.91. The van der Waals surface area contributed by atoms with Crippen LogP contribution in [-0.2, 0) is 4.79 Å². The topological polar surface area (TPSA) is 32.3 Å². The van der Waals surface area contributed by atoms with E-state index >= 15 is 0 Å². The molecule has 0 spiro atoms. The van der Waals surface area contributed by atoms with Crippen molar-refractivity contribution in [1.82, 2.24) is 4.90 Å². The van der Waals surface area contributed by atoms with Gasteiger partial charge in [0.2, 0.25) is 5.91 Å². The Balaban J connectivity index is 1.99. The molecule has 1 amide bonds. The highest BCUT2D eigenvalue weighted by Crippen LogP contribution is 2.25. The normalized spacial score (nSPS) is 14.4. The van der Waals surface area contributed by atoms with Crippen molar-refractivity contribution in [2.45, 2.75) is 18.9 Å². The molecule has 18 heavy (non-hydrogen) atoms. The summed E-state index contributed by atoms with van der Waals surface area (Å²) in [5.74, 6) is -3.58. The van der Waals surface area contributed by atoms with E-state index in [0.717, 1.165) is 18.9 Å². The van der Waals surface area contributed by atoms with Crippen molar-refractivity contribution in [3.8, 4) is 0 Å². The lowest BCUT2D eigenvalue weighted by Gasteiger charge is -2.17. The van der Waals surface area contributed by atoms with Crippen molar-refractivity contribution < 1.29 is 18.0 Å². The number of hydrogen-bond donors (Lipinski definition) is 1. The Bertz CT molecular complexity index is 475. The van der Waals surface area contributed by atoms with E-state index in [9.17, 15) is 18.0 Å². The molecule has 0 heterocycles. The summed E-state index contributed by atoms with van der Waals surface area (Å²) < 4.78 is 39.1. The van der Waals surface area contributed by atoms with Crippen molar-refractivity contribution in [2.24, 2.45) is 0 Å². The molecule has 6 heteroatoms. The molecule has 3 nitrogen and oxygen atoms in total. The molecule has 0 aliphatic heterocycles. The van der Waals surface area contributed by atoms with Gasteiger partial charge in [-0.15, -0.1) is 0 Å². The number of likely N-dealkylation sites (N-methyl/N-ethyl adjacent to an activating group) is 1. The average Bonchev–Trinajstić information content (AvgIpc) is 3.14. The van der Waals surface area contributed by atoms with E-state index in [4.69, 9.17) is 0 Å². The second-order valence-electron chi connectivity index (χ2n) is 4.34. The highest BCUT2D eigenvalue weighted by molar-refractivity contribution is 5.81. The summed E-state index contributed by atoms with van der Waals surface area (Å²) in [4.78, 5) is 13.2. The predicted octanol–water partition coefficient (Wildman–Crippen LogP) is 2.14. The molecular weight excluding hydrogens is 245 g/mol. The first-order chi connectivity index (χ1) is 8.49. The van der Waals surface area contributed by atoms with Crippen LogP contribution in [0.3, 0.4) is 0 Å². The van der Waals surface area contributed by atoms with Crippen LogP contribution in [0.15, 0.2) is 12.1 Å². The number of halogens is 3. The molecule has 0 unspecified atom stereocenters. The second-order valence-corrected chi connectivity index (χ2v) is 4.34. The standard InChI is InChI=1S/C12H13F3N2O/c1-17(8-2-3-8)11(18)6-16-10-5-7(13)4-9(14)12(10)15/h4-5,8,16H,2-3,6H2,1H3. The summed E-state index contributed by atoms with van der Waals surface area (Å²) in [6.07, 6.45) is 1.93. The van der Waals surface area contributed by atoms with Gasteiger partial charge < -0.3 is 10.2 Å². The lowest BCUT2D eigenvalue weighted by Crippen LogP contribution is -2.34. The molecule has 0 radical (unpaired) electrons. The molecule has 1 aromatic carbocycles. The molecule has 0 atom stereocenters. The Morgan fingerprint density at radius 3 is 2.67 bits per heavy atom. The third-order valence-corrected chi connectivity index (χ3v) is 2.91. The Kier molecular flexibility index (Phi) is 3.45. The quantitative estimate of drug-likeness (QED) is 0.839. The molecular formula is C12H13F3N2O. The van der Waals surface area contributed by atoms with Gasteiger partial charge in [0.1, 0.15) is 5.82 Å². The fourth-order valence-electron chi connectivity index (χ4n) is 1.65. The van der Waals surface area contributed by atoms with Crippen LogP contribution in [0.5, 0.6) is 0 Å². The first kappa shape index (κ1) is 12.7. The van der Waals surface area contributed by atoms with Gasteiger partial charge in [-0.25, -0.2) is 13.2 Å². The van der Waals surface area contributed by atoms with Gasteiger partial charge in [0, 0.05) is 25.2 Å². The molecule has 1 saturated carbocycles. The van der Waals surface area contributed by atoms with Crippen molar-refractivity contribution in [3.05, 3.63) is 29.6 Å². The van der Waals surface area contributed by atoms with Gasteiger partial charge in [-0.1, -0.05) is 0 Å². The van der Waals surface area contributed by atoms with Crippen LogP contribution in [0.4, 0.5) is 18.9 Å². The maximum Gasteiger partial charge on any atom is 0.241 e. The molecule has 0 saturated heterocycles. The van der Waals surface area contributed by atoms with E-state index in [1.54, 1.807) is 11.9 Å². The van der Waals surface area contributed by atoms with Crippen LogP contribution in [0.2, 0.25) is 0 Å². The van der Waals surface area contributed by atoms with Crippen molar-refractivity contribution in [2.75, 3.05) is 18.9 Å². The average molecular weight is 258 g/mol. The highest BCUT2D eigenvalue weighted by Gasteiger charge is 2.29. The first-order valence-corrected chi connectivity index (χ1v) is 5.63. The lowest BCUT2D eigenvalue weighted by atomic mass is 10.2. The maximum absolute atomic E-state index is 13.3. The van der Waals surface area contributed by atoms with Crippen molar-refractivity contribution in [3.63, 3.8) is 0 Å². The molecule has 1 N–H and O–H groups in total. The number of benzene rings is 1. The molecule has 2 rings (SSSR count). The predicted molar refractivity (Wildman–Crippen MR) is 60.6 cm³/mol. The Morgan fingerprint density at radius 1 is 1.39 bits per heavy atom. The third kappa shape index (κ3) is 2.75. The smallest absolute Gasteiger partial charge is 0.241 e. The fourth-order valence-corrected chi connectivity index (χ4v) is 1.65. The minimum Gasteiger partial charge on any atom is -0.374 e. The summed E-state index contributed by atoms with van der Waals surface area (Å²) >= 11 is 0. The zero-order chi connectivity index (χ0) is 13.3. The Morgan fingerprint density at radius 2 is 2.06 bits per heavy atom. The summed E-state index contributed by atoms with van der Waals surface area (Å²) in [6, 6.07) is 1.52. The largest absolute Gasteiger partial charge is 0.374 e. The Hall–Kier alpha value is -1.72. The molecule has 1 aliphatic rings. The minimum absolute atomic E-state index is 0.188. The fraction of sp³-hybridized carbons (Fsp3) is 0.417. The zero-order valence-corrected chi connectivity index (χ0v) is 9.84. The first-order valence-electron chi connectivity index (χ1n) is 5.63. The van der Waals surface area contributed by atoms with Crippen LogP contribution in [-0.4, -0.2) is 30.4 Å². The van der Waals surface area contributed by atoms with E-state index in [1.165, 1.54) is 0 Å². The summed E-state index contributed by atoms with van der Waals surface area (Å²) in [5.41, 5.74) is -0.343. The molecule has 1 fully saturated rings.